The van der Waals surface area contributed by atoms with Crippen molar-refractivity contribution in [3.8, 4) is 0 Å². The van der Waals surface area contributed by atoms with Crippen molar-refractivity contribution in [3.05, 3.63) is 54.1 Å². The molecule has 0 saturated carbocycles. The highest BCUT2D eigenvalue weighted by atomic mass is 32.2. The first kappa shape index (κ1) is 16.7. The van der Waals surface area contributed by atoms with Crippen LogP contribution < -0.4 is 4.72 Å². The number of alkyl halides is 3. The molecule has 0 atom stereocenters. The third kappa shape index (κ3) is 3.56. The number of anilines is 1. The van der Waals surface area contributed by atoms with E-state index in [9.17, 15) is 21.6 Å². The summed E-state index contributed by atoms with van der Waals surface area (Å²) in [5, 5.41) is 0. The molecule has 0 unspecified atom stereocenters. The SMILES string of the molecule is CSc1ccccc1NS(=O)(=O)c1ccccc1C(F)(F)F. The summed E-state index contributed by atoms with van der Waals surface area (Å²) < 4.78 is 65.8. The van der Waals surface area contributed by atoms with Crippen LogP contribution in [0.4, 0.5) is 18.9 Å². The maximum absolute atomic E-state index is 13.0. The number of rotatable bonds is 4. The highest BCUT2D eigenvalue weighted by Crippen LogP contribution is 2.35. The first-order chi connectivity index (χ1) is 10.3. The molecule has 0 aliphatic carbocycles. The van der Waals surface area contributed by atoms with E-state index in [1.54, 1.807) is 24.5 Å². The standard InChI is InChI=1S/C14H12F3NO2S2/c1-21-12-8-4-3-7-11(12)18-22(19,20)13-9-5-2-6-10(13)14(15,16)17/h2-9,18H,1H3. The van der Waals surface area contributed by atoms with Crippen LogP contribution in [0.25, 0.3) is 0 Å². The van der Waals surface area contributed by atoms with Gasteiger partial charge in [-0.25, -0.2) is 8.42 Å². The topological polar surface area (TPSA) is 46.2 Å². The summed E-state index contributed by atoms with van der Waals surface area (Å²) in [6.07, 6.45) is -3.00. The minimum atomic E-state index is -4.75. The third-order valence-electron chi connectivity index (χ3n) is 2.83. The molecule has 0 aromatic heterocycles. The summed E-state index contributed by atoms with van der Waals surface area (Å²) in [5.74, 6) is 0. The van der Waals surface area contributed by atoms with E-state index in [4.69, 9.17) is 0 Å². The van der Waals surface area contributed by atoms with Gasteiger partial charge in [0, 0.05) is 4.90 Å². The van der Waals surface area contributed by atoms with Crippen LogP contribution in [0.3, 0.4) is 0 Å². The van der Waals surface area contributed by atoms with Crippen molar-refractivity contribution in [2.24, 2.45) is 0 Å². The van der Waals surface area contributed by atoms with Crippen molar-refractivity contribution < 1.29 is 21.6 Å². The van der Waals surface area contributed by atoms with Crippen LogP contribution in [0, 0.1) is 0 Å². The van der Waals surface area contributed by atoms with E-state index < -0.39 is 26.7 Å². The Labute approximate surface area is 130 Å². The maximum atomic E-state index is 13.0. The van der Waals surface area contributed by atoms with Gasteiger partial charge in [0.1, 0.15) is 0 Å². The van der Waals surface area contributed by atoms with Crippen molar-refractivity contribution in [1.29, 1.82) is 0 Å². The lowest BCUT2D eigenvalue weighted by Crippen LogP contribution is -2.19. The van der Waals surface area contributed by atoms with Crippen LogP contribution in [0.1, 0.15) is 5.56 Å². The number of hydrogen-bond donors (Lipinski definition) is 1. The minimum absolute atomic E-state index is 0.243. The average molecular weight is 347 g/mol. The van der Waals surface area contributed by atoms with E-state index in [2.05, 4.69) is 4.72 Å². The molecule has 2 aromatic rings. The molecule has 1 N–H and O–H groups in total. The Hall–Kier alpha value is -1.67. The first-order valence-corrected chi connectivity index (χ1v) is 8.78. The number of hydrogen-bond acceptors (Lipinski definition) is 3. The second kappa shape index (κ2) is 6.21. The normalized spacial score (nSPS) is 12.2. The van der Waals surface area contributed by atoms with Gasteiger partial charge in [-0.2, -0.15) is 13.2 Å². The quantitative estimate of drug-likeness (QED) is 0.842. The van der Waals surface area contributed by atoms with Crippen molar-refractivity contribution in [2.45, 2.75) is 16.0 Å². The van der Waals surface area contributed by atoms with Gasteiger partial charge >= 0.3 is 6.18 Å². The molecule has 0 amide bonds. The molecule has 0 radical (unpaired) electrons. The molecule has 2 rings (SSSR count). The van der Waals surface area contributed by atoms with E-state index in [1.165, 1.54) is 23.9 Å². The molecule has 0 aliphatic rings. The summed E-state index contributed by atoms with van der Waals surface area (Å²) in [5.41, 5.74) is -0.948. The number of benzene rings is 2. The van der Waals surface area contributed by atoms with Crippen molar-refractivity contribution in [3.63, 3.8) is 0 Å². The number of thioether (sulfide) groups is 1. The number of sulfonamides is 1. The van der Waals surface area contributed by atoms with Gasteiger partial charge in [-0.3, -0.25) is 4.72 Å². The molecule has 0 bridgehead atoms. The smallest absolute Gasteiger partial charge is 0.278 e. The van der Waals surface area contributed by atoms with Crippen molar-refractivity contribution >= 4 is 27.5 Å². The van der Waals surface area contributed by atoms with Crippen LogP contribution in [-0.4, -0.2) is 14.7 Å². The highest BCUT2D eigenvalue weighted by molar-refractivity contribution is 7.99. The molecule has 0 aliphatic heterocycles. The monoisotopic (exact) mass is 347 g/mol. The zero-order chi connectivity index (χ0) is 16.4. The van der Waals surface area contributed by atoms with Gasteiger partial charge in [0.05, 0.1) is 16.1 Å². The molecular weight excluding hydrogens is 335 g/mol. The Balaban J connectivity index is 2.49. The Morgan fingerprint density at radius 2 is 1.59 bits per heavy atom. The largest absolute Gasteiger partial charge is 0.417 e. The first-order valence-electron chi connectivity index (χ1n) is 6.08. The van der Waals surface area contributed by atoms with Crippen molar-refractivity contribution in [1.82, 2.24) is 0 Å². The molecular formula is C14H12F3NO2S2. The number of halogens is 3. The predicted molar refractivity (Wildman–Crippen MR) is 80.5 cm³/mol. The predicted octanol–water partition coefficient (Wildman–Crippen LogP) is 4.23. The molecule has 0 saturated heterocycles. The lowest BCUT2D eigenvalue weighted by Gasteiger charge is -2.15. The second-order valence-corrected chi connectivity index (χ2v) is 6.80. The van der Waals surface area contributed by atoms with Gasteiger partial charge < -0.3 is 0 Å². The Morgan fingerprint density at radius 3 is 2.23 bits per heavy atom. The molecule has 22 heavy (non-hydrogen) atoms. The van der Waals surface area contributed by atoms with E-state index >= 15 is 0 Å². The Morgan fingerprint density at radius 1 is 1.00 bits per heavy atom. The Kier molecular flexibility index (Phi) is 4.72. The minimum Gasteiger partial charge on any atom is -0.278 e. The number of para-hydroxylation sites is 1. The molecule has 0 fully saturated rings. The molecule has 0 heterocycles. The van der Waals surface area contributed by atoms with Crippen LogP contribution in [0.15, 0.2) is 58.3 Å². The van der Waals surface area contributed by atoms with Crippen LogP contribution >= 0.6 is 11.8 Å². The molecule has 3 nitrogen and oxygen atoms in total. The third-order valence-corrected chi connectivity index (χ3v) is 5.05. The fraction of sp³-hybridized carbons (Fsp3) is 0.143. The molecule has 0 spiro atoms. The van der Waals surface area contributed by atoms with Crippen molar-refractivity contribution in [2.75, 3.05) is 11.0 Å². The van der Waals surface area contributed by atoms with Gasteiger partial charge in [-0.1, -0.05) is 24.3 Å². The summed E-state index contributed by atoms with van der Waals surface area (Å²) in [7, 11) is -4.34. The lowest BCUT2D eigenvalue weighted by atomic mass is 10.2. The maximum Gasteiger partial charge on any atom is 0.417 e. The van der Waals surface area contributed by atoms with Gasteiger partial charge in [-0.15, -0.1) is 11.8 Å². The summed E-state index contributed by atoms with van der Waals surface area (Å²) >= 11 is 1.29. The average Bonchev–Trinajstić information content (AvgIpc) is 2.46. The second-order valence-electron chi connectivity index (χ2n) is 4.30. The summed E-state index contributed by atoms with van der Waals surface area (Å²) in [6.45, 7) is 0. The van der Waals surface area contributed by atoms with Crippen LogP contribution in [0.5, 0.6) is 0 Å². The fourth-order valence-corrected chi connectivity index (χ4v) is 3.79. The van der Waals surface area contributed by atoms with E-state index in [1.807, 2.05) is 0 Å². The number of nitrogens with one attached hydrogen (secondary N) is 1. The molecule has 118 valence electrons. The van der Waals surface area contributed by atoms with E-state index in [0.717, 1.165) is 18.2 Å². The van der Waals surface area contributed by atoms with Gasteiger partial charge in [0.25, 0.3) is 10.0 Å². The van der Waals surface area contributed by atoms with Gasteiger partial charge in [-0.05, 0) is 30.5 Å². The summed E-state index contributed by atoms with van der Waals surface area (Å²) in [6, 6.07) is 10.6. The fourth-order valence-electron chi connectivity index (χ4n) is 1.86. The zero-order valence-corrected chi connectivity index (χ0v) is 13.0. The van der Waals surface area contributed by atoms with Gasteiger partial charge in [0.2, 0.25) is 0 Å². The van der Waals surface area contributed by atoms with E-state index in [0.29, 0.717) is 4.90 Å². The van der Waals surface area contributed by atoms with Crippen LogP contribution in [-0.2, 0) is 16.2 Å². The highest BCUT2D eigenvalue weighted by Gasteiger charge is 2.37. The summed E-state index contributed by atoms with van der Waals surface area (Å²) in [4.78, 5) is -0.172. The molecule has 8 heteroatoms. The zero-order valence-electron chi connectivity index (χ0n) is 11.4. The van der Waals surface area contributed by atoms with E-state index in [-0.39, 0.29) is 5.69 Å². The van der Waals surface area contributed by atoms with Crippen LogP contribution in [0.2, 0.25) is 0 Å². The lowest BCUT2D eigenvalue weighted by molar-refractivity contribution is -0.139. The molecule has 2 aromatic carbocycles. The van der Waals surface area contributed by atoms with Gasteiger partial charge in [0.15, 0.2) is 0 Å². The Bertz CT molecular complexity index is 774.